The summed E-state index contributed by atoms with van der Waals surface area (Å²) in [6.07, 6.45) is 1.58. The molecule has 7 heteroatoms. The van der Waals surface area contributed by atoms with E-state index in [1.165, 1.54) is 4.90 Å². The van der Waals surface area contributed by atoms with E-state index in [1.54, 1.807) is 6.92 Å². The van der Waals surface area contributed by atoms with Gasteiger partial charge in [-0.3, -0.25) is 9.59 Å². The summed E-state index contributed by atoms with van der Waals surface area (Å²) in [4.78, 5) is 36.9. The highest BCUT2D eigenvalue weighted by Gasteiger charge is 2.37. The SMILES string of the molecule is CC(C)C[C@H](NC(=O)[C@H](C)N)C(=O)N1CCC[C@H]1C(=O)O. The molecule has 1 saturated heterocycles. The fraction of sp³-hybridized carbons (Fsp3) is 0.786. The molecule has 0 aromatic carbocycles. The molecule has 3 atom stereocenters. The maximum atomic E-state index is 12.6. The highest BCUT2D eigenvalue weighted by atomic mass is 16.4. The smallest absolute Gasteiger partial charge is 0.326 e. The lowest BCUT2D eigenvalue weighted by atomic mass is 10.0. The predicted octanol–water partition coefficient (Wildman–Crippen LogP) is -0.0599. The summed E-state index contributed by atoms with van der Waals surface area (Å²) < 4.78 is 0. The van der Waals surface area contributed by atoms with Gasteiger partial charge in [0.15, 0.2) is 0 Å². The van der Waals surface area contributed by atoms with Gasteiger partial charge in [0.2, 0.25) is 11.8 Å². The molecule has 7 nitrogen and oxygen atoms in total. The Bertz CT molecular complexity index is 409. The quantitative estimate of drug-likeness (QED) is 0.636. The zero-order valence-corrected chi connectivity index (χ0v) is 12.8. The van der Waals surface area contributed by atoms with Gasteiger partial charge in [0, 0.05) is 6.54 Å². The number of nitrogens with one attached hydrogen (secondary N) is 1. The van der Waals surface area contributed by atoms with E-state index in [2.05, 4.69) is 5.32 Å². The van der Waals surface area contributed by atoms with Crippen molar-refractivity contribution in [2.24, 2.45) is 11.7 Å². The Morgan fingerprint density at radius 2 is 1.95 bits per heavy atom. The lowest BCUT2D eigenvalue weighted by molar-refractivity contribution is -0.149. The first-order valence-electron chi connectivity index (χ1n) is 7.33. The Kier molecular flexibility index (Phi) is 6.14. The number of aliphatic carboxylic acids is 1. The first-order valence-corrected chi connectivity index (χ1v) is 7.33. The minimum Gasteiger partial charge on any atom is -0.480 e. The van der Waals surface area contributed by atoms with Crippen LogP contribution in [0.25, 0.3) is 0 Å². The van der Waals surface area contributed by atoms with Crippen LogP contribution in [0.3, 0.4) is 0 Å². The number of rotatable bonds is 6. The van der Waals surface area contributed by atoms with Crippen molar-refractivity contribution in [3.8, 4) is 0 Å². The minimum absolute atomic E-state index is 0.193. The molecule has 0 aliphatic carbocycles. The molecule has 1 rings (SSSR count). The number of likely N-dealkylation sites (tertiary alicyclic amines) is 1. The number of carboxylic acids is 1. The topological polar surface area (TPSA) is 113 Å². The van der Waals surface area contributed by atoms with Crippen LogP contribution in [0.5, 0.6) is 0 Å². The predicted molar refractivity (Wildman–Crippen MR) is 77.4 cm³/mol. The van der Waals surface area contributed by atoms with Gasteiger partial charge in [-0.15, -0.1) is 0 Å². The fourth-order valence-electron chi connectivity index (χ4n) is 2.48. The number of nitrogens with zero attached hydrogens (tertiary/aromatic N) is 1. The number of hydrogen-bond donors (Lipinski definition) is 3. The zero-order valence-electron chi connectivity index (χ0n) is 12.8. The standard InChI is InChI=1S/C14H25N3O4/c1-8(2)7-10(16-12(18)9(3)15)13(19)17-6-4-5-11(17)14(20)21/h8-11H,4-7,15H2,1-3H3,(H,16,18)(H,20,21)/t9-,10-,11-/m0/s1. The molecule has 1 heterocycles. The van der Waals surface area contributed by atoms with Crippen LogP contribution in [0.4, 0.5) is 0 Å². The fourth-order valence-corrected chi connectivity index (χ4v) is 2.48. The number of carboxylic acid groups (broad SMARTS) is 1. The summed E-state index contributed by atoms with van der Waals surface area (Å²) >= 11 is 0. The maximum Gasteiger partial charge on any atom is 0.326 e. The van der Waals surface area contributed by atoms with Gasteiger partial charge in [-0.25, -0.2) is 4.79 Å². The summed E-state index contributed by atoms with van der Waals surface area (Å²) in [7, 11) is 0. The molecule has 1 fully saturated rings. The Labute approximate surface area is 124 Å². The van der Waals surface area contributed by atoms with Gasteiger partial charge in [-0.2, -0.15) is 0 Å². The average Bonchev–Trinajstić information content (AvgIpc) is 2.85. The van der Waals surface area contributed by atoms with Crippen molar-refractivity contribution < 1.29 is 19.5 Å². The van der Waals surface area contributed by atoms with Crippen molar-refractivity contribution in [1.29, 1.82) is 0 Å². The third kappa shape index (κ3) is 4.70. The monoisotopic (exact) mass is 299 g/mol. The number of nitrogens with two attached hydrogens (primary N) is 1. The number of amides is 2. The van der Waals surface area contributed by atoms with Crippen molar-refractivity contribution in [3.05, 3.63) is 0 Å². The summed E-state index contributed by atoms with van der Waals surface area (Å²) in [6.45, 7) is 5.84. The van der Waals surface area contributed by atoms with Crippen molar-refractivity contribution in [2.75, 3.05) is 6.54 Å². The van der Waals surface area contributed by atoms with Crippen LogP contribution >= 0.6 is 0 Å². The van der Waals surface area contributed by atoms with E-state index in [9.17, 15) is 14.4 Å². The number of carbonyl (C=O) groups excluding carboxylic acids is 2. The third-order valence-corrected chi connectivity index (χ3v) is 3.56. The van der Waals surface area contributed by atoms with Crippen molar-refractivity contribution in [2.45, 2.75) is 58.2 Å². The van der Waals surface area contributed by atoms with Gasteiger partial charge in [0.1, 0.15) is 12.1 Å². The second kappa shape index (κ2) is 7.40. The lowest BCUT2D eigenvalue weighted by Crippen LogP contribution is -2.54. The average molecular weight is 299 g/mol. The van der Waals surface area contributed by atoms with Crippen LogP contribution < -0.4 is 11.1 Å². The summed E-state index contributed by atoms with van der Waals surface area (Å²) in [5, 5.41) is 11.8. The van der Waals surface area contributed by atoms with Crippen LogP contribution in [0.15, 0.2) is 0 Å². The molecule has 1 aliphatic rings. The Morgan fingerprint density at radius 1 is 1.33 bits per heavy atom. The first kappa shape index (κ1) is 17.4. The Morgan fingerprint density at radius 3 is 2.43 bits per heavy atom. The highest BCUT2D eigenvalue weighted by Crippen LogP contribution is 2.20. The molecule has 0 saturated carbocycles. The molecule has 2 amide bonds. The van der Waals surface area contributed by atoms with E-state index in [4.69, 9.17) is 10.8 Å². The number of hydrogen-bond acceptors (Lipinski definition) is 4. The van der Waals surface area contributed by atoms with E-state index in [1.807, 2.05) is 13.8 Å². The van der Waals surface area contributed by atoms with E-state index in [-0.39, 0.29) is 11.8 Å². The first-order chi connectivity index (χ1) is 9.73. The Balaban J connectivity index is 2.84. The normalized spacial score (nSPS) is 21.2. The molecule has 120 valence electrons. The minimum atomic E-state index is -0.998. The molecule has 1 aliphatic heterocycles. The van der Waals surface area contributed by atoms with Crippen LogP contribution in [0, 0.1) is 5.92 Å². The molecule has 0 bridgehead atoms. The van der Waals surface area contributed by atoms with Gasteiger partial charge >= 0.3 is 5.97 Å². The molecular weight excluding hydrogens is 274 g/mol. The number of carbonyl (C=O) groups is 3. The van der Waals surface area contributed by atoms with E-state index in [0.717, 1.165) is 0 Å². The molecule has 4 N–H and O–H groups in total. The van der Waals surface area contributed by atoms with E-state index in [0.29, 0.717) is 25.8 Å². The summed E-state index contributed by atoms with van der Waals surface area (Å²) in [5.41, 5.74) is 5.51. The van der Waals surface area contributed by atoms with Crippen LogP contribution in [-0.2, 0) is 14.4 Å². The molecule has 0 aromatic rings. The molecule has 0 radical (unpaired) electrons. The lowest BCUT2D eigenvalue weighted by Gasteiger charge is -2.28. The second-order valence-electron chi connectivity index (χ2n) is 6.01. The van der Waals surface area contributed by atoms with Crippen LogP contribution in [0.1, 0.15) is 40.0 Å². The molecule has 21 heavy (non-hydrogen) atoms. The van der Waals surface area contributed by atoms with E-state index >= 15 is 0 Å². The second-order valence-corrected chi connectivity index (χ2v) is 6.01. The maximum absolute atomic E-state index is 12.6. The molecular formula is C14H25N3O4. The van der Waals surface area contributed by atoms with Gasteiger partial charge in [0.25, 0.3) is 0 Å². The van der Waals surface area contributed by atoms with Gasteiger partial charge in [-0.05, 0) is 32.1 Å². The van der Waals surface area contributed by atoms with Crippen molar-refractivity contribution >= 4 is 17.8 Å². The zero-order chi connectivity index (χ0) is 16.2. The summed E-state index contributed by atoms with van der Waals surface area (Å²) in [5.74, 6) is -1.54. The molecule has 0 unspecified atom stereocenters. The molecule has 0 aromatic heterocycles. The Hall–Kier alpha value is -1.63. The third-order valence-electron chi connectivity index (χ3n) is 3.56. The summed E-state index contributed by atoms with van der Waals surface area (Å²) in [6, 6.07) is -2.22. The van der Waals surface area contributed by atoms with Gasteiger partial charge < -0.3 is 21.1 Å². The molecule has 0 spiro atoms. The highest BCUT2D eigenvalue weighted by molar-refractivity contribution is 5.92. The van der Waals surface area contributed by atoms with Crippen LogP contribution in [-0.4, -0.2) is 52.5 Å². The van der Waals surface area contributed by atoms with Crippen molar-refractivity contribution in [1.82, 2.24) is 10.2 Å². The van der Waals surface area contributed by atoms with Gasteiger partial charge in [0.05, 0.1) is 6.04 Å². The van der Waals surface area contributed by atoms with Crippen molar-refractivity contribution in [3.63, 3.8) is 0 Å². The van der Waals surface area contributed by atoms with Gasteiger partial charge in [-0.1, -0.05) is 13.8 Å². The van der Waals surface area contributed by atoms with E-state index < -0.39 is 30.0 Å². The largest absolute Gasteiger partial charge is 0.480 e. The van der Waals surface area contributed by atoms with Crippen LogP contribution in [0.2, 0.25) is 0 Å².